The third kappa shape index (κ3) is 3.38. The number of amides is 2. The minimum atomic E-state index is -1.07. The normalized spacial score (nSPS) is 14.2. The van der Waals surface area contributed by atoms with E-state index in [-0.39, 0.29) is 30.5 Å². The number of nitrogens with one attached hydrogen (secondary N) is 1. The van der Waals surface area contributed by atoms with Crippen molar-refractivity contribution in [1.82, 2.24) is 4.90 Å². The molecule has 2 amide bonds. The lowest BCUT2D eigenvalue weighted by molar-refractivity contribution is -0.123. The highest BCUT2D eigenvalue weighted by atomic mass is 35.5. The zero-order valence-corrected chi connectivity index (χ0v) is 13.2. The smallest absolute Gasteiger partial charge is 0.254 e. The van der Waals surface area contributed by atoms with Gasteiger partial charge in [-0.3, -0.25) is 9.59 Å². The van der Waals surface area contributed by atoms with E-state index < -0.39 is 17.5 Å². The Kier molecular flexibility index (Phi) is 4.49. The maximum Gasteiger partial charge on any atom is 0.254 e. The highest BCUT2D eigenvalue weighted by Crippen LogP contribution is 2.22. The molecule has 2 aromatic carbocycles. The Morgan fingerprint density at radius 3 is 2.33 bits per heavy atom. The van der Waals surface area contributed by atoms with Gasteiger partial charge in [-0.15, -0.1) is 0 Å². The number of nitrogens with zero attached hydrogens (tertiary/aromatic N) is 1. The van der Waals surface area contributed by atoms with Gasteiger partial charge in [-0.25, -0.2) is 8.78 Å². The average Bonchev–Trinajstić information content (AvgIpc) is 2.50. The second-order valence-corrected chi connectivity index (χ2v) is 5.97. The molecule has 0 spiro atoms. The van der Waals surface area contributed by atoms with E-state index in [4.69, 9.17) is 11.6 Å². The first-order valence-electron chi connectivity index (χ1n) is 7.25. The lowest BCUT2D eigenvalue weighted by atomic mass is 9.97. The molecule has 0 radical (unpaired) electrons. The SMILES string of the molecule is O=C(Nc1ccc(Cl)cc1)C1CN(C(=O)c2ccc(F)c(F)c2)C1. The first-order chi connectivity index (χ1) is 11.4. The molecule has 1 saturated heterocycles. The molecule has 1 aliphatic heterocycles. The fraction of sp³-hybridized carbons (Fsp3) is 0.176. The molecule has 7 heteroatoms. The Bertz CT molecular complexity index is 790. The zero-order valence-electron chi connectivity index (χ0n) is 12.4. The predicted molar refractivity (Wildman–Crippen MR) is 85.8 cm³/mol. The summed E-state index contributed by atoms with van der Waals surface area (Å²) < 4.78 is 26.1. The molecule has 0 bridgehead atoms. The number of hydrogen-bond acceptors (Lipinski definition) is 2. The average molecular weight is 351 g/mol. The molecular weight excluding hydrogens is 338 g/mol. The highest BCUT2D eigenvalue weighted by Gasteiger charge is 2.36. The third-order valence-corrected chi connectivity index (χ3v) is 4.07. The zero-order chi connectivity index (χ0) is 17.3. The summed E-state index contributed by atoms with van der Waals surface area (Å²) in [6.07, 6.45) is 0. The number of halogens is 3. The van der Waals surface area contributed by atoms with Crippen LogP contribution in [0.2, 0.25) is 5.02 Å². The van der Waals surface area contributed by atoms with Gasteiger partial charge in [0, 0.05) is 29.4 Å². The van der Waals surface area contributed by atoms with Crippen LogP contribution >= 0.6 is 11.6 Å². The van der Waals surface area contributed by atoms with E-state index in [0.717, 1.165) is 12.1 Å². The number of rotatable bonds is 3. The first kappa shape index (κ1) is 16.4. The molecule has 0 atom stereocenters. The van der Waals surface area contributed by atoms with Crippen LogP contribution in [-0.2, 0) is 4.79 Å². The fourth-order valence-corrected chi connectivity index (χ4v) is 2.53. The minimum absolute atomic E-state index is 0.0606. The molecule has 3 rings (SSSR count). The van der Waals surface area contributed by atoms with Crippen molar-refractivity contribution in [3.63, 3.8) is 0 Å². The van der Waals surface area contributed by atoms with Crippen LogP contribution in [0.4, 0.5) is 14.5 Å². The first-order valence-corrected chi connectivity index (χ1v) is 7.62. The van der Waals surface area contributed by atoms with E-state index in [1.54, 1.807) is 24.3 Å². The molecule has 1 aliphatic rings. The Balaban J connectivity index is 1.56. The molecule has 1 N–H and O–H groups in total. The van der Waals surface area contributed by atoms with Crippen molar-refractivity contribution in [3.8, 4) is 0 Å². The monoisotopic (exact) mass is 350 g/mol. The van der Waals surface area contributed by atoms with Crippen molar-refractivity contribution >= 4 is 29.1 Å². The van der Waals surface area contributed by atoms with E-state index in [1.165, 1.54) is 11.0 Å². The van der Waals surface area contributed by atoms with Crippen LogP contribution in [0.3, 0.4) is 0 Å². The molecule has 1 heterocycles. The van der Waals surface area contributed by atoms with E-state index in [9.17, 15) is 18.4 Å². The molecular formula is C17H13ClF2N2O2. The van der Waals surface area contributed by atoms with Gasteiger partial charge in [-0.2, -0.15) is 0 Å². The van der Waals surface area contributed by atoms with Gasteiger partial charge in [0.2, 0.25) is 5.91 Å². The summed E-state index contributed by atoms with van der Waals surface area (Å²) in [6.45, 7) is 0.467. The lowest BCUT2D eigenvalue weighted by Gasteiger charge is -2.38. The van der Waals surface area contributed by atoms with Gasteiger partial charge in [0.1, 0.15) is 0 Å². The molecule has 0 aromatic heterocycles. The molecule has 124 valence electrons. The summed E-state index contributed by atoms with van der Waals surface area (Å²) >= 11 is 5.78. The minimum Gasteiger partial charge on any atom is -0.337 e. The molecule has 4 nitrogen and oxygen atoms in total. The lowest BCUT2D eigenvalue weighted by Crippen LogP contribution is -2.54. The topological polar surface area (TPSA) is 49.4 Å². The predicted octanol–water partition coefficient (Wildman–Crippen LogP) is 3.33. The van der Waals surface area contributed by atoms with Gasteiger partial charge < -0.3 is 10.2 Å². The van der Waals surface area contributed by atoms with Crippen LogP contribution in [-0.4, -0.2) is 29.8 Å². The number of carbonyl (C=O) groups excluding carboxylic acids is 2. The number of likely N-dealkylation sites (tertiary alicyclic amines) is 1. The number of benzene rings is 2. The Morgan fingerprint density at radius 1 is 1.04 bits per heavy atom. The standard InChI is InChI=1S/C17H13ClF2N2O2/c18-12-2-4-13(5-3-12)21-16(23)11-8-22(9-11)17(24)10-1-6-14(19)15(20)7-10/h1-7,11H,8-9H2,(H,21,23). The molecule has 24 heavy (non-hydrogen) atoms. The van der Waals surface area contributed by atoms with E-state index >= 15 is 0 Å². The van der Waals surface area contributed by atoms with Gasteiger partial charge in [0.15, 0.2) is 11.6 Å². The summed E-state index contributed by atoms with van der Waals surface area (Å²) in [5.74, 6) is -3.04. The van der Waals surface area contributed by atoms with Crippen LogP contribution in [0.1, 0.15) is 10.4 Å². The van der Waals surface area contributed by atoms with Crippen molar-refractivity contribution in [3.05, 3.63) is 64.7 Å². The maximum absolute atomic E-state index is 13.2. The van der Waals surface area contributed by atoms with Crippen LogP contribution in [0.25, 0.3) is 0 Å². The fourth-order valence-electron chi connectivity index (χ4n) is 2.40. The Labute approximate surface area is 142 Å². The van der Waals surface area contributed by atoms with E-state index in [1.807, 2.05) is 0 Å². The summed E-state index contributed by atoms with van der Waals surface area (Å²) in [7, 11) is 0. The van der Waals surface area contributed by atoms with Gasteiger partial charge in [-0.05, 0) is 42.5 Å². The largest absolute Gasteiger partial charge is 0.337 e. The Hall–Kier alpha value is -2.47. The van der Waals surface area contributed by atoms with Crippen LogP contribution in [0.15, 0.2) is 42.5 Å². The molecule has 1 fully saturated rings. The van der Waals surface area contributed by atoms with Crippen LogP contribution < -0.4 is 5.32 Å². The van der Waals surface area contributed by atoms with E-state index in [0.29, 0.717) is 10.7 Å². The molecule has 2 aromatic rings. The van der Waals surface area contributed by atoms with Crippen LogP contribution in [0.5, 0.6) is 0 Å². The van der Waals surface area contributed by atoms with Crippen molar-refractivity contribution in [2.75, 3.05) is 18.4 Å². The number of hydrogen-bond donors (Lipinski definition) is 1. The van der Waals surface area contributed by atoms with Gasteiger partial charge in [-0.1, -0.05) is 11.6 Å². The van der Waals surface area contributed by atoms with E-state index in [2.05, 4.69) is 5.32 Å². The highest BCUT2D eigenvalue weighted by molar-refractivity contribution is 6.30. The molecule has 0 aliphatic carbocycles. The van der Waals surface area contributed by atoms with Gasteiger partial charge in [0.25, 0.3) is 5.91 Å². The molecule has 0 unspecified atom stereocenters. The third-order valence-electron chi connectivity index (χ3n) is 3.82. The van der Waals surface area contributed by atoms with Crippen molar-refractivity contribution < 1.29 is 18.4 Å². The number of anilines is 1. The summed E-state index contributed by atoms with van der Waals surface area (Å²) in [6, 6.07) is 9.69. The molecule has 0 saturated carbocycles. The summed E-state index contributed by atoms with van der Waals surface area (Å²) in [4.78, 5) is 25.7. The second-order valence-electron chi connectivity index (χ2n) is 5.53. The summed E-state index contributed by atoms with van der Waals surface area (Å²) in [5.41, 5.74) is 0.681. The summed E-state index contributed by atoms with van der Waals surface area (Å²) in [5, 5.41) is 3.31. The van der Waals surface area contributed by atoms with Crippen molar-refractivity contribution in [1.29, 1.82) is 0 Å². The quantitative estimate of drug-likeness (QED) is 0.923. The van der Waals surface area contributed by atoms with Crippen molar-refractivity contribution in [2.24, 2.45) is 5.92 Å². The van der Waals surface area contributed by atoms with Gasteiger partial charge >= 0.3 is 0 Å². The second kappa shape index (κ2) is 6.57. The van der Waals surface area contributed by atoms with Gasteiger partial charge in [0.05, 0.1) is 5.92 Å². The Morgan fingerprint density at radius 2 is 1.71 bits per heavy atom. The maximum atomic E-state index is 13.2. The van der Waals surface area contributed by atoms with Crippen LogP contribution in [0, 0.1) is 17.6 Å². The number of carbonyl (C=O) groups is 2. The van der Waals surface area contributed by atoms with Crippen molar-refractivity contribution in [2.45, 2.75) is 0 Å².